The van der Waals surface area contributed by atoms with Crippen molar-refractivity contribution in [2.75, 3.05) is 0 Å². The number of nitrogens with two attached hydrogens (primary N) is 1. The highest BCUT2D eigenvalue weighted by Gasteiger charge is 2.45. The maximum atomic E-state index is 11.4. The second kappa shape index (κ2) is 3.54. The van der Waals surface area contributed by atoms with Gasteiger partial charge in [-0.05, 0) is 5.56 Å². The molecule has 3 N–H and O–H groups in total. The zero-order valence-corrected chi connectivity index (χ0v) is 8.95. The Hall–Kier alpha value is -1.99. The van der Waals surface area contributed by atoms with Crippen LogP contribution in [0.4, 0.5) is 0 Å². The van der Waals surface area contributed by atoms with Crippen molar-refractivity contribution in [3.8, 4) is 6.07 Å². The third-order valence-electron chi connectivity index (χ3n) is 2.52. The van der Waals surface area contributed by atoms with Crippen LogP contribution in [0.5, 0.6) is 0 Å². The molecule has 0 aromatic heterocycles. The number of halogens is 1. The Morgan fingerprint density at radius 3 is 2.44 bits per heavy atom. The zero-order chi connectivity index (χ0) is 11.8. The van der Waals surface area contributed by atoms with Gasteiger partial charge in [-0.2, -0.15) is 5.26 Å². The molecule has 1 aromatic carbocycles. The summed E-state index contributed by atoms with van der Waals surface area (Å²) < 4.78 is 0. The first-order valence-corrected chi connectivity index (χ1v) is 4.94. The third kappa shape index (κ3) is 1.26. The summed E-state index contributed by atoms with van der Waals surface area (Å²) in [4.78, 5) is 11.4. The number of nitrogens with one attached hydrogen (secondary N) is 1. The van der Waals surface area contributed by atoms with E-state index in [1.54, 1.807) is 24.3 Å². The standard InChI is InChI=1S/C11H8ClN3O/c12-8-9(14)11(6-13,15-10(8)16)7-4-2-1-3-5-7/h1-5H,14H2,(H,15,16). The number of hydrogen-bond donors (Lipinski definition) is 2. The lowest BCUT2D eigenvalue weighted by Gasteiger charge is -2.22. The van der Waals surface area contributed by atoms with Crippen LogP contribution in [0.25, 0.3) is 0 Å². The van der Waals surface area contributed by atoms with E-state index in [2.05, 4.69) is 5.32 Å². The van der Waals surface area contributed by atoms with Crippen LogP contribution < -0.4 is 11.1 Å². The molecule has 0 fully saturated rings. The minimum Gasteiger partial charge on any atom is -0.398 e. The molecule has 0 aliphatic carbocycles. The maximum Gasteiger partial charge on any atom is 0.266 e. The number of hydrogen-bond acceptors (Lipinski definition) is 3. The minimum absolute atomic E-state index is 0.0490. The van der Waals surface area contributed by atoms with E-state index in [-0.39, 0.29) is 10.7 Å². The van der Waals surface area contributed by atoms with Crippen LogP contribution in [-0.2, 0) is 10.3 Å². The molecule has 1 heterocycles. The zero-order valence-electron chi connectivity index (χ0n) is 8.20. The maximum absolute atomic E-state index is 11.4. The summed E-state index contributed by atoms with van der Waals surface area (Å²) in [6, 6.07) is 10.8. The molecule has 0 saturated carbocycles. The van der Waals surface area contributed by atoms with Crippen molar-refractivity contribution in [1.82, 2.24) is 5.32 Å². The fraction of sp³-hybridized carbons (Fsp3) is 0.0909. The van der Waals surface area contributed by atoms with E-state index in [4.69, 9.17) is 17.3 Å². The molecule has 1 unspecified atom stereocenters. The van der Waals surface area contributed by atoms with Crippen molar-refractivity contribution in [3.05, 3.63) is 46.6 Å². The third-order valence-corrected chi connectivity index (χ3v) is 2.89. The van der Waals surface area contributed by atoms with Gasteiger partial charge in [-0.1, -0.05) is 41.9 Å². The Morgan fingerprint density at radius 2 is 2.00 bits per heavy atom. The SMILES string of the molecule is N#CC1(c2ccccc2)NC(=O)C(Cl)=C1N. The normalized spacial score (nSPS) is 24.1. The second-order valence-electron chi connectivity index (χ2n) is 3.41. The van der Waals surface area contributed by atoms with Crippen LogP contribution in [0, 0.1) is 11.3 Å². The van der Waals surface area contributed by atoms with Crippen LogP contribution in [0.1, 0.15) is 5.56 Å². The lowest BCUT2D eigenvalue weighted by atomic mass is 9.90. The monoisotopic (exact) mass is 233 g/mol. The van der Waals surface area contributed by atoms with Crippen molar-refractivity contribution in [2.24, 2.45) is 5.73 Å². The van der Waals surface area contributed by atoms with Crippen molar-refractivity contribution < 1.29 is 4.79 Å². The molecule has 2 rings (SSSR count). The van der Waals surface area contributed by atoms with Crippen LogP contribution in [0.2, 0.25) is 0 Å². The highest BCUT2D eigenvalue weighted by atomic mass is 35.5. The molecule has 0 saturated heterocycles. The highest BCUT2D eigenvalue weighted by molar-refractivity contribution is 6.43. The summed E-state index contributed by atoms with van der Waals surface area (Å²) >= 11 is 5.72. The van der Waals surface area contributed by atoms with E-state index in [1.807, 2.05) is 12.1 Å². The van der Waals surface area contributed by atoms with Crippen molar-refractivity contribution in [1.29, 1.82) is 5.26 Å². The number of nitrogens with zero attached hydrogens (tertiary/aromatic N) is 1. The van der Waals surface area contributed by atoms with Crippen molar-refractivity contribution in [3.63, 3.8) is 0 Å². The number of nitriles is 1. The van der Waals surface area contributed by atoms with Gasteiger partial charge in [-0.25, -0.2) is 0 Å². The predicted molar refractivity (Wildman–Crippen MR) is 58.9 cm³/mol. The van der Waals surface area contributed by atoms with Gasteiger partial charge in [0.1, 0.15) is 11.1 Å². The first kappa shape index (κ1) is 10.5. The van der Waals surface area contributed by atoms with Gasteiger partial charge in [-0.3, -0.25) is 4.79 Å². The molecule has 16 heavy (non-hydrogen) atoms. The van der Waals surface area contributed by atoms with Gasteiger partial charge in [-0.15, -0.1) is 0 Å². The van der Waals surface area contributed by atoms with Crippen molar-refractivity contribution >= 4 is 17.5 Å². The predicted octanol–water partition coefficient (Wildman–Crippen LogP) is 0.944. The Bertz CT molecular complexity index is 518. The van der Waals surface area contributed by atoms with Gasteiger partial charge < -0.3 is 11.1 Å². The average Bonchev–Trinajstić information content (AvgIpc) is 2.55. The molecular formula is C11H8ClN3O. The van der Waals surface area contributed by atoms with E-state index in [0.29, 0.717) is 5.56 Å². The summed E-state index contributed by atoms with van der Waals surface area (Å²) in [6.07, 6.45) is 0. The highest BCUT2D eigenvalue weighted by Crippen LogP contribution is 2.34. The number of amides is 1. The Kier molecular flexibility index (Phi) is 2.33. The molecule has 80 valence electrons. The number of benzene rings is 1. The van der Waals surface area contributed by atoms with Gasteiger partial charge >= 0.3 is 0 Å². The molecule has 1 aliphatic rings. The summed E-state index contributed by atoms with van der Waals surface area (Å²) in [5, 5.41) is 11.6. The first-order chi connectivity index (χ1) is 7.62. The van der Waals surface area contributed by atoms with E-state index in [9.17, 15) is 10.1 Å². The first-order valence-electron chi connectivity index (χ1n) is 4.57. The van der Waals surface area contributed by atoms with E-state index >= 15 is 0 Å². The second-order valence-corrected chi connectivity index (χ2v) is 3.79. The molecule has 1 atom stereocenters. The smallest absolute Gasteiger partial charge is 0.266 e. The van der Waals surface area contributed by atoms with Gasteiger partial charge in [0.05, 0.1) is 5.70 Å². The number of rotatable bonds is 1. The van der Waals surface area contributed by atoms with E-state index < -0.39 is 11.4 Å². The molecule has 0 spiro atoms. The molecule has 0 radical (unpaired) electrons. The molecule has 5 heteroatoms. The molecular weight excluding hydrogens is 226 g/mol. The molecule has 4 nitrogen and oxygen atoms in total. The Balaban J connectivity index is 2.62. The number of carbonyl (C=O) groups excluding carboxylic acids is 1. The summed E-state index contributed by atoms with van der Waals surface area (Å²) in [7, 11) is 0. The van der Waals surface area contributed by atoms with E-state index in [0.717, 1.165) is 0 Å². The quantitative estimate of drug-likeness (QED) is 0.758. The topological polar surface area (TPSA) is 78.9 Å². The van der Waals surface area contributed by atoms with Crippen LogP contribution in [-0.4, -0.2) is 5.91 Å². The fourth-order valence-corrected chi connectivity index (χ4v) is 1.84. The minimum atomic E-state index is -1.34. The largest absolute Gasteiger partial charge is 0.398 e. The van der Waals surface area contributed by atoms with Crippen LogP contribution >= 0.6 is 11.6 Å². The lowest BCUT2D eigenvalue weighted by molar-refractivity contribution is -0.117. The fourth-order valence-electron chi connectivity index (χ4n) is 1.65. The number of carbonyl (C=O) groups is 1. The van der Waals surface area contributed by atoms with Gasteiger partial charge in [0, 0.05) is 0 Å². The average molecular weight is 234 g/mol. The van der Waals surface area contributed by atoms with Crippen LogP contribution in [0.15, 0.2) is 41.1 Å². The molecule has 1 aliphatic heterocycles. The Morgan fingerprint density at radius 1 is 1.38 bits per heavy atom. The summed E-state index contributed by atoms with van der Waals surface area (Å²) in [6.45, 7) is 0. The van der Waals surface area contributed by atoms with Crippen molar-refractivity contribution in [2.45, 2.75) is 5.54 Å². The molecule has 0 bridgehead atoms. The van der Waals surface area contributed by atoms with Gasteiger partial charge in [0.25, 0.3) is 5.91 Å². The van der Waals surface area contributed by atoms with E-state index in [1.165, 1.54) is 0 Å². The van der Waals surface area contributed by atoms with Gasteiger partial charge in [0.2, 0.25) is 0 Å². The van der Waals surface area contributed by atoms with Crippen LogP contribution in [0.3, 0.4) is 0 Å². The lowest BCUT2D eigenvalue weighted by Crippen LogP contribution is -2.42. The molecule has 1 aromatic rings. The Labute approximate surface area is 97.3 Å². The summed E-state index contributed by atoms with van der Waals surface area (Å²) in [5.74, 6) is -0.524. The molecule has 1 amide bonds. The van der Waals surface area contributed by atoms with Gasteiger partial charge in [0.15, 0.2) is 5.54 Å². The summed E-state index contributed by atoms with van der Waals surface area (Å²) in [5.41, 5.74) is 5.04.